The Bertz CT molecular complexity index is 331. The number of rotatable bonds is 2. The van der Waals surface area contributed by atoms with E-state index in [4.69, 9.17) is 0 Å². The Morgan fingerprint density at radius 3 is 2.64 bits per heavy atom. The van der Waals surface area contributed by atoms with Gasteiger partial charge in [0.05, 0.1) is 6.10 Å². The molecule has 0 aliphatic heterocycles. The SMILES string of the molecule is Cc1cc(C(O)C2CCC2)cnc1C. The zero-order valence-corrected chi connectivity index (χ0v) is 8.83. The van der Waals surface area contributed by atoms with Gasteiger partial charge in [0.15, 0.2) is 0 Å². The van der Waals surface area contributed by atoms with Crippen molar-refractivity contribution >= 4 is 0 Å². The maximum absolute atomic E-state index is 10.0. The Morgan fingerprint density at radius 1 is 1.43 bits per heavy atom. The molecule has 1 atom stereocenters. The van der Waals surface area contributed by atoms with E-state index >= 15 is 0 Å². The Morgan fingerprint density at radius 2 is 2.14 bits per heavy atom. The predicted octanol–water partition coefficient (Wildman–Crippen LogP) is 2.53. The number of aliphatic hydroxyl groups is 1. The molecule has 1 saturated carbocycles. The summed E-state index contributed by atoms with van der Waals surface area (Å²) in [4.78, 5) is 4.28. The average Bonchev–Trinajstić information content (AvgIpc) is 2.06. The molecule has 0 spiro atoms. The van der Waals surface area contributed by atoms with Gasteiger partial charge in [0, 0.05) is 11.9 Å². The fourth-order valence-corrected chi connectivity index (χ4v) is 1.85. The van der Waals surface area contributed by atoms with Gasteiger partial charge in [-0.3, -0.25) is 4.98 Å². The minimum atomic E-state index is -0.296. The summed E-state index contributed by atoms with van der Waals surface area (Å²) in [7, 11) is 0. The molecule has 1 fully saturated rings. The third-order valence-electron chi connectivity index (χ3n) is 3.30. The lowest BCUT2D eigenvalue weighted by Gasteiger charge is -2.30. The van der Waals surface area contributed by atoms with Crippen molar-refractivity contribution in [3.63, 3.8) is 0 Å². The third kappa shape index (κ3) is 1.67. The van der Waals surface area contributed by atoms with Gasteiger partial charge in [0.25, 0.3) is 0 Å². The van der Waals surface area contributed by atoms with Gasteiger partial charge in [0.2, 0.25) is 0 Å². The Hall–Kier alpha value is -0.890. The normalized spacial score (nSPS) is 19.1. The molecule has 1 unspecified atom stereocenters. The van der Waals surface area contributed by atoms with Crippen LogP contribution in [0.5, 0.6) is 0 Å². The molecular weight excluding hydrogens is 174 g/mol. The minimum absolute atomic E-state index is 0.296. The first kappa shape index (κ1) is 9.66. The van der Waals surface area contributed by atoms with Crippen molar-refractivity contribution in [2.24, 2.45) is 5.92 Å². The molecule has 1 heterocycles. The van der Waals surface area contributed by atoms with Crippen molar-refractivity contribution in [3.8, 4) is 0 Å². The van der Waals surface area contributed by atoms with Crippen LogP contribution in [-0.2, 0) is 0 Å². The average molecular weight is 191 g/mol. The van der Waals surface area contributed by atoms with Gasteiger partial charge < -0.3 is 5.11 Å². The van der Waals surface area contributed by atoms with E-state index in [0.29, 0.717) is 5.92 Å². The molecule has 1 aromatic heterocycles. The maximum Gasteiger partial charge on any atom is 0.0833 e. The van der Waals surface area contributed by atoms with Crippen molar-refractivity contribution in [3.05, 3.63) is 29.1 Å². The smallest absolute Gasteiger partial charge is 0.0833 e. The summed E-state index contributed by atoms with van der Waals surface area (Å²) in [5.41, 5.74) is 3.20. The predicted molar refractivity (Wildman–Crippen MR) is 56.0 cm³/mol. The van der Waals surface area contributed by atoms with Crippen LogP contribution in [0.2, 0.25) is 0 Å². The molecule has 0 aromatic carbocycles. The zero-order chi connectivity index (χ0) is 10.1. The number of nitrogens with zero attached hydrogens (tertiary/aromatic N) is 1. The summed E-state index contributed by atoms with van der Waals surface area (Å²) in [6.07, 6.45) is 5.10. The molecule has 1 N–H and O–H groups in total. The highest BCUT2D eigenvalue weighted by molar-refractivity contribution is 5.25. The van der Waals surface area contributed by atoms with E-state index < -0.39 is 0 Å². The van der Waals surface area contributed by atoms with Crippen LogP contribution in [0.3, 0.4) is 0 Å². The molecule has 0 bridgehead atoms. The van der Waals surface area contributed by atoms with Gasteiger partial charge >= 0.3 is 0 Å². The largest absolute Gasteiger partial charge is 0.388 e. The topological polar surface area (TPSA) is 33.1 Å². The van der Waals surface area contributed by atoms with E-state index in [2.05, 4.69) is 11.1 Å². The van der Waals surface area contributed by atoms with Crippen LogP contribution in [0.15, 0.2) is 12.3 Å². The van der Waals surface area contributed by atoms with Crippen LogP contribution in [0.4, 0.5) is 0 Å². The second kappa shape index (κ2) is 3.70. The third-order valence-corrected chi connectivity index (χ3v) is 3.30. The standard InChI is InChI=1S/C12H17NO/c1-8-6-11(7-13-9(8)2)12(14)10-4-3-5-10/h6-7,10,12,14H,3-5H2,1-2H3. The molecule has 0 saturated heterocycles. The Labute approximate surface area is 85.0 Å². The number of aliphatic hydroxyl groups excluding tert-OH is 1. The lowest BCUT2D eigenvalue weighted by molar-refractivity contribution is 0.0618. The fourth-order valence-electron chi connectivity index (χ4n) is 1.85. The number of hydrogen-bond acceptors (Lipinski definition) is 2. The van der Waals surface area contributed by atoms with E-state index in [1.165, 1.54) is 12.0 Å². The summed E-state index contributed by atoms with van der Waals surface area (Å²) in [6, 6.07) is 2.06. The van der Waals surface area contributed by atoms with Crippen LogP contribution in [0.1, 0.15) is 42.2 Å². The van der Waals surface area contributed by atoms with Gasteiger partial charge in [-0.1, -0.05) is 12.5 Å². The summed E-state index contributed by atoms with van der Waals surface area (Å²) >= 11 is 0. The second-order valence-electron chi connectivity index (χ2n) is 4.31. The van der Waals surface area contributed by atoms with E-state index in [9.17, 15) is 5.11 Å². The van der Waals surface area contributed by atoms with Crippen molar-refractivity contribution < 1.29 is 5.11 Å². The first-order chi connectivity index (χ1) is 6.68. The van der Waals surface area contributed by atoms with E-state index in [1.807, 2.05) is 20.0 Å². The van der Waals surface area contributed by atoms with E-state index in [1.54, 1.807) is 0 Å². The molecule has 2 nitrogen and oxygen atoms in total. The van der Waals surface area contributed by atoms with Crippen LogP contribution >= 0.6 is 0 Å². The van der Waals surface area contributed by atoms with Gasteiger partial charge in [-0.2, -0.15) is 0 Å². The van der Waals surface area contributed by atoms with E-state index in [0.717, 1.165) is 24.1 Å². The van der Waals surface area contributed by atoms with Crippen LogP contribution in [-0.4, -0.2) is 10.1 Å². The number of hydrogen-bond donors (Lipinski definition) is 1. The molecule has 0 amide bonds. The lowest BCUT2D eigenvalue weighted by atomic mass is 9.79. The molecule has 2 heteroatoms. The zero-order valence-electron chi connectivity index (χ0n) is 8.83. The van der Waals surface area contributed by atoms with Crippen LogP contribution in [0.25, 0.3) is 0 Å². The van der Waals surface area contributed by atoms with Crippen molar-refractivity contribution in [2.75, 3.05) is 0 Å². The second-order valence-corrected chi connectivity index (χ2v) is 4.31. The molecule has 1 aliphatic carbocycles. The van der Waals surface area contributed by atoms with Crippen LogP contribution < -0.4 is 0 Å². The molecular formula is C12H17NO. The highest BCUT2D eigenvalue weighted by Gasteiger charge is 2.26. The van der Waals surface area contributed by atoms with Gasteiger partial charge in [-0.25, -0.2) is 0 Å². The first-order valence-corrected chi connectivity index (χ1v) is 5.29. The number of aryl methyl sites for hydroxylation is 2. The lowest BCUT2D eigenvalue weighted by Crippen LogP contribution is -2.20. The molecule has 14 heavy (non-hydrogen) atoms. The molecule has 2 rings (SSSR count). The van der Waals surface area contributed by atoms with Crippen LogP contribution in [0, 0.1) is 19.8 Å². The highest BCUT2D eigenvalue weighted by Crippen LogP contribution is 2.37. The number of aromatic nitrogens is 1. The molecule has 1 aliphatic rings. The summed E-state index contributed by atoms with van der Waals surface area (Å²) in [5, 5.41) is 10.0. The molecule has 1 aromatic rings. The van der Waals surface area contributed by atoms with E-state index in [-0.39, 0.29) is 6.10 Å². The van der Waals surface area contributed by atoms with Gasteiger partial charge in [0.1, 0.15) is 0 Å². The monoisotopic (exact) mass is 191 g/mol. The quantitative estimate of drug-likeness (QED) is 0.779. The Balaban J connectivity index is 2.18. The van der Waals surface area contributed by atoms with Gasteiger partial charge in [-0.15, -0.1) is 0 Å². The molecule has 0 radical (unpaired) electrons. The summed E-state index contributed by atoms with van der Waals surface area (Å²) in [6.45, 7) is 4.04. The molecule has 76 valence electrons. The van der Waals surface area contributed by atoms with Crippen molar-refractivity contribution in [1.82, 2.24) is 4.98 Å². The summed E-state index contributed by atoms with van der Waals surface area (Å²) in [5.74, 6) is 0.471. The maximum atomic E-state index is 10.0. The number of pyridine rings is 1. The van der Waals surface area contributed by atoms with Crippen molar-refractivity contribution in [2.45, 2.75) is 39.2 Å². The summed E-state index contributed by atoms with van der Waals surface area (Å²) < 4.78 is 0. The minimum Gasteiger partial charge on any atom is -0.388 e. The Kier molecular flexibility index (Phi) is 2.55. The fraction of sp³-hybridized carbons (Fsp3) is 0.583. The van der Waals surface area contributed by atoms with Gasteiger partial charge in [-0.05, 0) is 43.7 Å². The first-order valence-electron chi connectivity index (χ1n) is 5.29. The van der Waals surface area contributed by atoms with Crippen molar-refractivity contribution in [1.29, 1.82) is 0 Å². The highest BCUT2D eigenvalue weighted by atomic mass is 16.3.